The largest absolute Gasteiger partial charge is 0.409 e. The van der Waals surface area contributed by atoms with Gasteiger partial charge < -0.3 is 20.8 Å². The molecule has 78 valence electrons. The van der Waals surface area contributed by atoms with E-state index in [0.29, 0.717) is 13.0 Å². The Balaban J connectivity index is 2.25. The second-order valence-electron chi connectivity index (χ2n) is 3.07. The zero-order valence-corrected chi connectivity index (χ0v) is 7.97. The first-order chi connectivity index (χ1) is 6.72. The summed E-state index contributed by atoms with van der Waals surface area (Å²) in [4.78, 5) is 0. The van der Waals surface area contributed by atoms with Crippen LogP contribution in [0.15, 0.2) is 22.0 Å². The predicted octanol–water partition coefficient (Wildman–Crippen LogP) is 0.289. The van der Waals surface area contributed by atoms with Crippen LogP contribution < -0.4 is 11.1 Å². The van der Waals surface area contributed by atoms with E-state index in [4.69, 9.17) is 10.9 Å². The van der Waals surface area contributed by atoms with Crippen LogP contribution in [0.1, 0.15) is 19.0 Å². The summed E-state index contributed by atoms with van der Waals surface area (Å²) >= 11 is 0. The Kier molecular flexibility index (Phi) is 3.93. The lowest BCUT2D eigenvalue weighted by Gasteiger charge is -2.10. The Morgan fingerprint density at radius 1 is 1.86 bits per heavy atom. The molecule has 0 saturated heterocycles. The minimum atomic E-state index is 0.127. The molecule has 4 N–H and O–H groups in total. The highest BCUT2D eigenvalue weighted by Crippen LogP contribution is 1.96. The van der Waals surface area contributed by atoms with E-state index in [0.717, 1.165) is 5.69 Å². The summed E-state index contributed by atoms with van der Waals surface area (Å²) in [6, 6.07) is 1.91. The van der Waals surface area contributed by atoms with Gasteiger partial charge in [0.2, 0.25) is 0 Å². The topological polar surface area (TPSA) is 96.7 Å². The summed E-state index contributed by atoms with van der Waals surface area (Å²) in [5, 5.41) is 18.1. The van der Waals surface area contributed by atoms with Gasteiger partial charge in [0.05, 0.1) is 5.69 Å². The normalized spacial score (nSPS) is 14.2. The first-order valence-electron chi connectivity index (χ1n) is 4.31. The Hall–Kier alpha value is -1.56. The molecule has 6 heteroatoms. The first-order valence-corrected chi connectivity index (χ1v) is 4.31. The van der Waals surface area contributed by atoms with E-state index in [9.17, 15) is 0 Å². The second-order valence-corrected chi connectivity index (χ2v) is 3.07. The maximum Gasteiger partial charge on any atom is 0.140 e. The Morgan fingerprint density at radius 2 is 2.64 bits per heavy atom. The van der Waals surface area contributed by atoms with Crippen LogP contribution in [0.25, 0.3) is 0 Å². The predicted molar refractivity (Wildman–Crippen MR) is 50.8 cm³/mol. The minimum Gasteiger partial charge on any atom is -0.409 e. The van der Waals surface area contributed by atoms with Crippen molar-refractivity contribution in [1.29, 1.82) is 0 Å². The van der Waals surface area contributed by atoms with Crippen LogP contribution in [0.3, 0.4) is 0 Å². The Morgan fingerprint density at radius 3 is 3.21 bits per heavy atom. The molecule has 0 amide bonds. The molecule has 1 unspecified atom stereocenters. The standard InChI is InChI=1S/C8H14N4O2/c1-6(4-8(9)11-13)10-5-7-2-3-14-12-7/h2-3,6,10,13H,4-5H2,1H3,(H2,9,11). The molecular formula is C8H14N4O2. The SMILES string of the molecule is CC(C/C(N)=N/O)NCc1ccon1. The van der Waals surface area contributed by atoms with Gasteiger partial charge in [-0.25, -0.2) is 0 Å². The third-order valence-electron chi connectivity index (χ3n) is 1.77. The van der Waals surface area contributed by atoms with Gasteiger partial charge in [-0.3, -0.25) is 0 Å². The zero-order valence-electron chi connectivity index (χ0n) is 7.97. The molecule has 0 spiro atoms. The molecule has 6 nitrogen and oxygen atoms in total. The fraction of sp³-hybridized carbons (Fsp3) is 0.500. The van der Waals surface area contributed by atoms with Crippen LogP contribution in [0.4, 0.5) is 0 Å². The maximum atomic E-state index is 8.34. The lowest BCUT2D eigenvalue weighted by molar-refractivity contribution is 0.315. The van der Waals surface area contributed by atoms with Gasteiger partial charge in [-0.1, -0.05) is 10.3 Å². The van der Waals surface area contributed by atoms with Crippen molar-refractivity contribution in [3.8, 4) is 0 Å². The van der Waals surface area contributed by atoms with Gasteiger partial charge >= 0.3 is 0 Å². The number of aromatic nitrogens is 1. The van der Waals surface area contributed by atoms with Crippen LogP contribution in [0, 0.1) is 0 Å². The zero-order chi connectivity index (χ0) is 10.4. The van der Waals surface area contributed by atoms with Crippen molar-refractivity contribution in [3.63, 3.8) is 0 Å². The molecule has 1 aromatic heterocycles. The van der Waals surface area contributed by atoms with E-state index in [1.165, 1.54) is 6.26 Å². The number of amidine groups is 1. The van der Waals surface area contributed by atoms with Crippen molar-refractivity contribution < 1.29 is 9.73 Å². The molecule has 0 aliphatic rings. The third kappa shape index (κ3) is 3.44. The number of nitrogens with zero attached hydrogens (tertiary/aromatic N) is 2. The minimum absolute atomic E-state index is 0.127. The van der Waals surface area contributed by atoms with Crippen molar-refractivity contribution in [1.82, 2.24) is 10.5 Å². The highest BCUT2D eigenvalue weighted by molar-refractivity contribution is 5.80. The van der Waals surface area contributed by atoms with E-state index in [-0.39, 0.29) is 11.9 Å². The van der Waals surface area contributed by atoms with E-state index in [1.54, 1.807) is 6.07 Å². The smallest absolute Gasteiger partial charge is 0.140 e. The van der Waals surface area contributed by atoms with Crippen molar-refractivity contribution in [3.05, 3.63) is 18.0 Å². The molecule has 0 aromatic carbocycles. The molecule has 0 aliphatic heterocycles. The summed E-state index contributed by atoms with van der Waals surface area (Å²) in [6.07, 6.45) is 2.01. The van der Waals surface area contributed by atoms with E-state index < -0.39 is 0 Å². The highest BCUT2D eigenvalue weighted by atomic mass is 16.5. The van der Waals surface area contributed by atoms with E-state index in [1.807, 2.05) is 6.92 Å². The van der Waals surface area contributed by atoms with Crippen LogP contribution in [0.5, 0.6) is 0 Å². The molecule has 14 heavy (non-hydrogen) atoms. The van der Waals surface area contributed by atoms with Crippen molar-refractivity contribution in [2.24, 2.45) is 10.9 Å². The molecule has 1 heterocycles. The van der Waals surface area contributed by atoms with Crippen molar-refractivity contribution in [2.75, 3.05) is 0 Å². The summed E-state index contributed by atoms with van der Waals surface area (Å²) in [6.45, 7) is 2.55. The number of oxime groups is 1. The summed E-state index contributed by atoms with van der Waals surface area (Å²) in [5.74, 6) is 0.213. The quantitative estimate of drug-likeness (QED) is 0.273. The first kappa shape index (κ1) is 10.5. The number of rotatable bonds is 5. The van der Waals surface area contributed by atoms with E-state index in [2.05, 4.69) is 20.2 Å². The lowest BCUT2D eigenvalue weighted by Crippen LogP contribution is -2.30. The average molecular weight is 198 g/mol. The Bertz CT molecular complexity index is 284. The fourth-order valence-corrected chi connectivity index (χ4v) is 1.03. The number of nitrogens with one attached hydrogen (secondary N) is 1. The molecule has 0 radical (unpaired) electrons. The van der Waals surface area contributed by atoms with Crippen LogP contribution in [0.2, 0.25) is 0 Å². The second kappa shape index (κ2) is 5.23. The van der Waals surface area contributed by atoms with Crippen molar-refractivity contribution in [2.45, 2.75) is 25.9 Å². The number of hydrogen-bond donors (Lipinski definition) is 3. The molecule has 0 bridgehead atoms. The molecule has 0 saturated carbocycles. The van der Waals surface area contributed by atoms with Crippen LogP contribution in [-0.2, 0) is 6.54 Å². The van der Waals surface area contributed by atoms with Crippen molar-refractivity contribution >= 4 is 5.84 Å². The molecular weight excluding hydrogens is 184 g/mol. The van der Waals surface area contributed by atoms with Gasteiger partial charge in [0.15, 0.2) is 0 Å². The summed E-state index contributed by atoms with van der Waals surface area (Å²) in [7, 11) is 0. The van der Waals surface area contributed by atoms with Crippen LogP contribution in [-0.4, -0.2) is 22.2 Å². The van der Waals surface area contributed by atoms with Gasteiger partial charge in [0.1, 0.15) is 12.1 Å². The fourth-order valence-electron chi connectivity index (χ4n) is 1.03. The lowest BCUT2D eigenvalue weighted by atomic mass is 10.2. The molecule has 0 aliphatic carbocycles. The van der Waals surface area contributed by atoms with Gasteiger partial charge in [-0.05, 0) is 6.92 Å². The number of nitrogens with two attached hydrogens (primary N) is 1. The summed E-state index contributed by atoms with van der Waals surface area (Å²) < 4.78 is 4.67. The number of hydrogen-bond acceptors (Lipinski definition) is 5. The average Bonchev–Trinajstić information content (AvgIpc) is 2.67. The highest BCUT2D eigenvalue weighted by Gasteiger charge is 2.05. The molecule has 1 atom stereocenters. The van der Waals surface area contributed by atoms with Crippen LogP contribution >= 0.6 is 0 Å². The monoisotopic (exact) mass is 198 g/mol. The van der Waals surface area contributed by atoms with Gasteiger partial charge in [0.25, 0.3) is 0 Å². The molecule has 1 aromatic rings. The van der Waals surface area contributed by atoms with E-state index >= 15 is 0 Å². The Labute approximate surface area is 81.8 Å². The maximum absolute atomic E-state index is 8.34. The molecule has 0 fully saturated rings. The molecule has 1 rings (SSSR count). The van der Waals surface area contributed by atoms with Gasteiger partial charge in [-0.2, -0.15) is 0 Å². The summed E-state index contributed by atoms with van der Waals surface area (Å²) in [5.41, 5.74) is 6.18. The van der Waals surface area contributed by atoms with Gasteiger partial charge in [0, 0.05) is 25.1 Å². The van der Waals surface area contributed by atoms with Gasteiger partial charge in [-0.15, -0.1) is 0 Å². The third-order valence-corrected chi connectivity index (χ3v) is 1.77.